The van der Waals surface area contributed by atoms with Crippen LogP contribution in [-0.2, 0) is 4.84 Å². The predicted molar refractivity (Wildman–Crippen MR) is 81.7 cm³/mol. The topological polar surface area (TPSA) is 36.9 Å². The monoisotopic (exact) mass is 323 g/mol. The van der Waals surface area contributed by atoms with E-state index in [9.17, 15) is 0 Å². The number of nitrogens with one attached hydrogen (secondary N) is 1. The molecule has 0 spiro atoms. The van der Waals surface area contributed by atoms with Crippen molar-refractivity contribution < 1.29 is 4.84 Å². The summed E-state index contributed by atoms with van der Waals surface area (Å²) in [6.45, 7) is 5.48. The molecule has 0 saturated carbocycles. The summed E-state index contributed by atoms with van der Waals surface area (Å²) < 4.78 is 0. The normalized spacial score (nSPS) is 16.7. The van der Waals surface area contributed by atoms with Gasteiger partial charge >= 0.3 is 0 Å². The molecule has 0 radical (unpaired) electrons. The molecule has 106 valence electrons. The van der Waals surface area contributed by atoms with Crippen molar-refractivity contribution >= 4 is 47.3 Å². The standard InChI is InChI=1S/C12H15Cl2N3O.ClH/c1-8(2)18-17-7-6-15-12(17)16-11-9(13)4-3-5-10(11)14;/h3-5,8H,6-7H2,1-2H3,(H,15,16);1H. The van der Waals surface area contributed by atoms with Crippen LogP contribution in [0.4, 0.5) is 5.69 Å². The fourth-order valence-electron chi connectivity index (χ4n) is 1.62. The highest BCUT2D eigenvalue weighted by molar-refractivity contribution is 6.38. The molecule has 0 amide bonds. The van der Waals surface area contributed by atoms with Crippen LogP contribution in [0.15, 0.2) is 23.2 Å². The number of hydrogen-bond donors (Lipinski definition) is 1. The summed E-state index contributed by atoms with van der Waals surface area (Å²) in [5.41, 5.74) is 0.558. The first kappa shape index (κ1) is 16.4. The molecule has 1 aliphatic rings. The molecule has 0 atom stereocenters. The van der Waals surface area contributed by atoms with E-state index in [0.29, 0.717) is 21.7 Å². The quantitative estimate of drug-likeness (QED) is 0.922. The first-order valence-electron chi connectivity index (χ1n) is 5.79. The Balaban J connectivity index is 0.00000180. The van der Waals surface area contributed by atoms with Crippen LogP contribution in [0.3, 0.4) is 0 Å². The van der Waals surface area contributed by atoms with Gasteiger partial charge in [-0.05, 0) is 26.0 Å². The Morgan fingerprint density at radius 3 is 2.53 bits per heavy atom. The first-order valence-corrected chi connectivity index (χ1v) is 6.54. The van der Waals surface area contributed by atoms with E-state index in [2.05, 4.69) is 10.3 Å². The summed E-state index contributed by atoms with van der Waals surface area (Å²) in [4.78, 5) is 10.1. The predicted octanol–water partition coefficient (Wildman–Crippen LogP) is 3.65. The van der Waals surface area contributed by atoms with E-state index in [1.54, 1.807) is 23.3 Å². The molecule has 1 fully saturated rings. The van der Waals surface area contributed by atoms with E-state index in [1.165, 1.54) is 0 Å². The Kier molecular flexibility index (Phi) is 6.20. The summed E-state index contributed by atoms with van der Waals surface area (Å²) >= 11 is 12.2. The SMILES string of the molecule is CC(C)ON1CCN/C1=N\c1c(Cl)cccc1Cl.Cl. The molecule has 19 heavy (non-hydrogen) atoms. The number of nitrogens with zero attached hydrogens (tertiary/aromatic N) is 2. The number of benzene rings is 1. The van der Waals surface area contributed by atoms with Gasteiger partial charge in [0.05, 0.1) is 22.7 Å². The first-order chi connectivity index (χ1) is 8.58. The fraction of sp³-hybridized carbons (Fsp3) is 0.417. The number of para-hydroxylation sites is 1. The van der Waals surface area contributed by atoms with Gasteiger partial charge in [-0.25, -0.2) is 10.1 Å². The molecule has 0 aliphatic carbocycles. The number of rotatable bonds is 3. The van der Waals surface area contributed by atoms with E-state index < -0.39 is 0 Å². The minimum Gasteiger partial charge on any atom is -0.352 e. The molecule has 2 rings (SSSR count). The molecule has 1 N–H and O–H groups in total. The zero-order chi connectivity index (χ0) is 13.1. The lowest BCUT2D eigenvalue weighted by atomic mass is 10.3. The van der Waals surface area contributed by atoms with Crippen LogP contribution in [0, 0.1) is 0 Å². The van der Waals surface area contributed by atoms with Crippen molar-refractivity contribution in [3.8, 4) is 0 Å². The molecular formula is C12H16Cl3N3O. The number of halogens is 3. The number of hydroxylamine groups is 2. The van der Waals surface area contributed by atoms with Gasteiger partial charge in [0.15, 0.2) is 0 Å². The van der Waals surface area contributed by atoms with E-state index in [4.69, 9.17) is 28.0 Å². The molecule has 0 unspecified atom stereocenters. The Labute approximate surface area is 129 Å². The van der Waals surface area contributed by atoms with Gasteiger partial charge < -0.3 is 5.32 Å². The second kappa shape index (κ2) is 7.20. The zero-order valence-corrected chi connectivity index (χ0v) is 13.0. The van der Waals surface area contributed by atoms with Crippen LogP contribution in [-0.4, -0.2) is 30.2 Å². The minimum absolute atomic E-state index is 0. The highest BCUT2D eigenvalue weighted by atomic mass is 35.5. The number of aliphatic imine (C=N–C) groups is 1. The van der Waals surface area contributed by atoms with Gasteiger partial charge in [0, 0.05) is 6.54 Å². The summed E-state index contributed by atoms with van der Waals surface area (Å²) in [6, 6.07) is 5.31. The summed E-state index contributed by atoms with van der Waals surface area (Å²) in [5.74, 6) is 0.638. The Morgan fingerprint density at radius 1 is 1.32 bits per heavy atom. The average Bonchev–Trinajstić information content (AvgIpc) is 2.70. The van der Waals surface area contributed by atoms with Gasteiger partial charge in [-0.15, -0.1) is 12.4 Å². The lowest BCUT2D eigenvalue weighted by Crippen LogP contribution is -2.32. The zero-order valence-electron chi connectivity index (χ0n) is 10.7. The van der Waals surface area contributed by atoms with Crippen LogP contribution < -0.4 is 5.32 Å². The highest BCUT2D eigenvalue weighted by Crippen LogP contribution is 2.33. The lowest BCUT2D eigenvalue weighted by molar-refractivity contribution is -0.125. The molecule has 1 aliphatic heterocycles. The van der Waals surface area contributed by atoms with Crippen LogP contribution in [0.25, 0.3) is 0 Å². The number of hydrogen-bond acceptors (Lipinski definition) is 2. The van der Waals surface area contributed by atoms with Crippen molar-refractivity contribution in [3.05, 3.63) is 28.2 Å². The van der Waals surface area contributed by atoms with Crippen molar-refractivity contribution in [1.82, 2.24) is 10.4 Å². The van der Waals surface area contributed by atoms with Crippen molar-refractivity contribution in [3.63, 3.8) is 0 Å². The molecular weight excluding hydrogens is 309 g/mol. The molecule has 1 heterocycles. The van der Waals surface area contributed by atoms with Gasteiger partial charge in [-0.1, -0.05) is 29.3 Å². The maximum Gasteiger partial charge on any atom is 0.223 e. The average molecular weight is 325 g/mol. The second-order valence-electron chi connectivity index (χ2n) is 4.19. The molecule has 1 aromatic rings. The van der Waals surface area contributed by atoms with Crippen molar-refractivity contribution in [2.24, 2.45) is 4.99 Å². The minimum atomic E-state index is 0. The Morgan fingerprint density at radius 2 is 1.95 bits per heavy atom. The van der Waals surface area contributed by atoms with Crippen LogP contribution >= 0.6 is 35.6 Å². The van der Waals surface area contributed by atoms with Gasteiger partial charge in [0.2, 0.25) is 5.96 Å². The summed E-state index contributed by atoms with van der Waals surface area (Å²) in [5, 5.41) is 5.92. The van der Waals surface area contributed by atoms with Crippen LogP contribution in [0.2, 0.25) is 10.0 Å². The maximum absolute atomic E-state index is 6.08. The van der Waals surface area contributed by atoms with E-state index in [1.807, 2.05) is 13.8 Å². The van der Waals surface area contributed by atoms with Gasteiger partial charge in [0.1, 0.15) is 5.69 Å². The molecule has 0 aromatic heterocycles. The molecule has 7 heteroatoms. The fourth-order valence-corrected chi connectivity index (χ4v) is 2.10. The smallest absolute Gasteiger partial charge is 0.223 e. The third-order valence-electron chi connectivity index (χ3n) is 2.33. The summed E-state index contributed by atoms with van der Waals surface area (Å²) in [7, 11) is 0. The Hall–Kier alpha value is -0.680. The van der Waals surface area contributed by atoms with E-state index >= 15 is 0 Å². The van der Waals surface area contributed by atoms with Crippen molar-refractivity contribution in [2.45, 2.75) is 20.0 Å². The second-order valence-corrected chi connectivity index (χ2v) is 5.00. The van der Waals surface area contributed by atoms with Crippen molar-refractivity contribution in [1.29, 1.82) is 0 Å². The Bertz CT molecular complexity index is 445. The maximum atomic E-state index is 6.08. The molecule has 4 nitrogen and oxygen atoms in total. The molecule has 1 aromatic carbocycles. The van der Waals surface area contributed by atoms with E-state index in [0.717, 1.165) is 13.1 Å². The van der Waals surface area contributed by atoms with E-state index in [-0.39, 0.29) is 18.5 Å². The molecule has 1 saturated heterocycles. The van der Waals surface area contributed by atoms with Gasteiger partial charge in [-0.2, -0.15) is 0 Å². The number of guanidine groups is 1. The third-order valence-corrected chi connectivity index (χ3v) is 2.94. The van der Waals surface area contributed by atoms with Gasteiger partial charge in [-0.3, -0.25) is 4.84 Å². The van der Waals surface area contributed by atoms with Crippen LogP contribution in [0.1, 0.15) is 13.8 Å². The van der Waals surface area contributed by atoms with Gasteiger partial charge in [0.25, 0.3) is 0 Å². The molecule has 0 bridgehead atoms. The lowest BCUT2D eigenvalue weighted by Gasteiger charge is -2.19. The third kappa shape index (κ3) is 4.14. The highest BCUT2D eigenvalue weighted by Gasteiger charge is 2.21. The largest absolute Gasteiger partial charge is 0.352 e. The summed E-state index contributed by atoms with van der Waals surface area (Å²) in [6.07, 6.45) is 0.0943. The van der Waals surface area contributed by atoms with Crippen LogP contribution in [0.5, 0.6) is 0 Å². The van der Waals surface area contributed by atoms with Crippen molar-refractivity contribution in [2.75, 3.05) is 13.1 Å².